The standard InChI is InChI=1S/C18H20N2O4/c1-2-23-18(22)20-15-9-11-16(12-10-15)24-17(21)8-5-7-14-6-3-4-13-19-14/h3-4,6,9-13H,2,5,7-8H2,1H3,(H,20,22). The third kappa shape index (κ3) is 6.08. The van der Waals surface area contributed by atoms with Gasteiger partial charge < -0.3 is 9.47 Å². The van der Waals surface area contributed by atoms with E-state index in [9.17, 15) is 9.59 Å². The van der Waals surface area contributed by atoms with Gasteiger partial charge in [-0.2, -0.15) is 0 Å². The molecule has 2 rings (SSSR count). The van der Waals surface area contributed by atoms with Crippen LogP contribution in [0.25, 0.3) is 0 Å². The molecule has 1 heterocycles. The Morgan fingerprint density at radius 1 is 1.12 bits per heavy atom. The number of hydrogen-bond donors (Lipinski definition) is 1. The predicted octanol–water partition coefficient (Wildman–Crippen LogP) is 3.58. The molecule has 0 bridgehead atoms. The van der Waals surface area contributed by atoms with Gasteiger partial charge in [0.25, 0.3) is 0 Å². The van der Waals surface area contributed by atoms with Crippen LogP contribution in [0.5, 0.6) is 5.75 Å². The molecule has 0 aliphatic carbocycles. The Bertz CT molecular complexity index is 656. The summed E-state index contributed by atoms with van der Waals surface area (Å²) in [5.74, 6) is 0.143. The first-order valence-electron chi connectivity index (χ1n) is 7.82. The van der Waals surface area contributed by atoms with E-state index in [2.05, 4.69) is 10.3 Å². The number of aryl methyl sites for hydroxylation is 1. The van der Waals surface area contributed by atoms with Gasteiger partial charge in [0.1, 0.15) is 5.75 Å². The zero-order valence-corrected chi connectivity index (χ0v) is 13.5. The second-order valence-corrected chi connectivity index (χ2v) is 5.02. The van der Waals surface area contributed by atoms with Crippen LogP contribution in [0.15, 0.2) is 48.7 Å². The van der Waals surface area contributed by atoms with Crippen LogP contribution in [0, 0.1) is 0 Å². The summed E-state index contributed by atoms with van der Waals surface area (Å²) in [6.45, 7) is 2.04. The molecule has 0 saturated heterocycles. The van der Waals surface area contributed by atoms with Gasteiger partial charge in [0.2, 0.25) is 0 Å². The average Bonchev–Trinajstić information content (AvgIpc) is 2.58. The fourth-order valence-corrected chi connectivity index (χ4v) is 2.03. The number of amides is 1. The first-order valence-corrected chi connectivity index (χ1v) is 7.82. The Hall–Kier alpha value is -2.89. The second-order valence-electron chi connectivity index (χ2n) is 5.02. The number of ether oxygens (including phenoxy) is 2. The lowest BCUT2D eigenvalue weighted by atomic mass is 10.2. The molecule has 1 aromatic heterocycles. The first-order chi connectivity index (χ1) is 11.7. The molecule has 0 radical (unpaired) electrons. The minimum Gasteiger partial charge on any atom is -0.450 e. The number of aromatic nitrogens is 1. The maximum atomic E-state index is 11.8. The lowest BCUT2D eigenvalue weighted by molar-refractivity contribution is -0.134. The molecule has 2 aromatic rings. The lowest BCUT2D eigenvalue weighted by Gasteiger charge is -2.07. The molecule has 0 fully saturated rings. The van der Waals surface area contributed by atoms with E-state index in [1.54, 1.807) is 37.4 Å². The number of hydrogen-bond acceptors (Lipinski definition) is 5. The molecule has 1 aromatic carbocycles. The maximum Gasteiger partial charge on any atom is 0.411 e. The van der Waals surface area contributed by atoms with E-state index in [1.807, 2.05) is 18.2 Å². The zero-order chi connectivity index (χ0) is 17.2. The van der Waals surface area contributed by atoms with Crippen LogP contribution in [-0.2, 0) is 16.0 Å². The van der Waals surface area contributed by atoms with Crippen molar-refractivity contribution in [3.8, 4) is 5.75 Å². The fraction of sp³-hybridized carbons (Fsp3) is 0.278. The van der Waals surface area contributed by atoms with E-state index in [1.165, 1.54) is 0 Å². The summed E-state index contributed by atoms with van der Waals surface area (Å²) in [6.07, 6.45) is 2.95. The Balaban J connectivity index is 1.74. The van der Waals surface area contributed by atoms with Crippen molar-refractivity contribution >= 4 is 17.7 Å². The molecule has 0 saturated carbocycles. The van der Waals surface area contributed by atoms with Crippen molar-refractivity contribution in [3.63, 3.8) is 0 Å². The Kier molecular flexibility index (Phi) is 6.76. The van der Waals surface area contributed by atoms with Gasteiger partial charge in [-0.05, 0) is 56.2 Å². The quantitative estimate of drug-likeness (QED) is 0.621. The summed E-state index contributed by atoms with van der Waals surface area (Å²) < 4.78 is 10.0. The number of rotatable bonds is 7. The van der Waals surface area contributed by atoms with Gasteiger partial charge in [-0.3, -0.25) is 15.1 Å². The van der Waals surface area contributed by atoms with Crippen molar-refractivity contribution < 1.29 is 19.1 Å². The van der Waals surface area contributed by atoms with Gasteiger partial charge in [0.05, 0.1) is 6.61 Å². The van der Waals surface area contributed by atoms with Gasteiger partial charge in [-0.1, -0.05) is 6.07 Å². The van der Waals surface area contributed by atoms with Gasteiger partial charge in [0, 0.05) is 24.0 Å². The average molecular weight is 328 g/mol. The van der Waals surface area contributed by atoms with Crippen LogP contribution in [0.2, 0.25) is 0 Å². The molecule has 0 atom stereocenters. The zero-order valence-electron chi connectivity index (χ0n) is 13.5. The maximum absolute atomic E-state index is 11.8. The lowest BCUT2D eigenvalue weighted by Crippen LogP contribution is -2.13. The molecule has 0 unspecified atom stereocenters. The van der Waals surface area contributed by atoms with Gasteiger partial charge in [-0.25, -0.2) is 4.79 Å². The molecular formula is C18H20N2O4. The second kappa shape index (κ2) is 9.29. The smallest absolute Gasteiger partial charge is 0.411 e. The van der Waals surface area contributed by atoms with Crippen molar-refractivity contribution in [1.29, 1.82) is 0 Å². The Labute approximate surface area is 140 Å². The summed E-state index contributed by atoms with van der Waals surface area (Å²) in [5, 5.41) is 2.57. The molecule has 6 heteroatoms. The molecule has 0 aliphatic rings. The third-order valence-corrected chi connectivity index (χ3v) is 3.15. The number of benzene rings is 1. The number of carbonyl (C=O) groups excluding carboxylic acids is 2. The summed E-state index contributed by atoms with van der Waals surface area (Å²) >= 11 is 0. The highest BCUT2D eigenvalue weighted by atomic mass is 16.5. The van der Waals surface area contributed by atoms with E-state index < -0.39 is 6.09 Å². The van der Waals surface area contributed by atoms with E-state index in [-0.39, 0.29) is 5.97 Å². The van der Waals surface area contributed by atoms with Crippen LogP contribution < -0.4 is 10.1 Å². The van der Waals surface area contributed by atoms with Crippen LogP contribution in [0.4, 0.5) is 10.5 Å². The van der Waals surface area contributed by atoms with Gasteiger partial charge >= 0.3 is 12.1 Å². The summed E-state index contributed by atoms with van der Waals surface area (Å²) in [4.78, 5) is 27.3. The van der Waals surface area contributed by atoms with Gasteiger partial charge in [-0.15, -0.1) is 0 Å². The Morgan fingerprint density at radius 2 is 1.92 bits per heavy atom. The van der Waals surface area contributed by atoms with Crippen LogP contribution >= 0.6 is 0 Å². The molecular weight excluding hydrogens is 308 g/mol. The van der Waals surface area contributed by atoms with E-state index >= 15 is 0 Å². The minimum absolute atomic E-state index is 0.294. The minimum atomic E-state index is -0.517. The predicted molar refractivity (Wildman–Crippen MR) is 89.9 cm³/mol. The van der Waals surface area contributed by atoms with E-state index in [0.29, 0.717) is 30.9 Å². The van der Waals surface area contributed by atoms with E-state index in [4.69, 9.17) is 9.47 Å². The highest BCUT2D eigenvalue weighted by molar-refractivity contribution is 5.84. The molecule has 6 nitrogen and oxygen atoms in total. The van der Waals surface area contributed by atoms with Crippen molar-refractivity contribution in [2.24, 2.45) is 0 Å². The Morgan fingerprint density at radius 3 is 2.58 bits per heavy atom. The number of esters is 1. The SMILES string of the molecule is CCOC(=O)Nc1ccc(OC(=O)CCCc2ccccn2)cc1. The molecule has 0 aliphatic heterocycles. The number of pyridine rings is 1. The third-order valence-electron chi connectivity index (χ3n) is 3.15. The van der Waals surface area contributed by atoms with E-state index in [0.717, 1.165) is 12.1 Å². The van der Waals surface area contributed by atoms with Crippen molar-refractivity contribution in [2.45, 2.75) is 26.2 Å². The highest BCUT2D eigenvalue weighted by Gasteiger charge is 2.06. The topological polar surface area (TPSA) is 77.5 Å². The fourth-order valence-electron chi connectivity index (χ4n) is 2.03. The molecule has 24 heavy (non-hydrogen) atoms. The number of anilines is 1. The molecule has 1 N–H and O–H groups in total. The number of nitrogens with zero attached hydrogens (tertiary/aromatic N) is 1. The molecule has 126 valence electrons. The summed E-state index contributed by atoms with van der Waals surface area (Å²) in [6, 6.07) is 12.3. The van der Waals surface area contributed by atoms with Crippen molar-refractivity contribution in [1.82, 2.24) is 4.98 Å². The summed E-state index contributed by atoms with van der Waals surface area (Å²) in [7, 11) is 0. The summed E-state index contributed by atoms with van der Waals surface area (Å²) in [5.41, 5.74) is 1.53. The normalized spacial score (nSPS) is 10.0. The van der Waals surface area contributed by atoms with Crippen molar-refractivity contribution in [2.75, 3.05) is 11.9 Å². The van der Waals surface area contributed by atoms with Gasteiger partial charge in [0.15, 0.2) is 0 Å². The largest absolute Gasteiger partial charge is 0.450 e. The van der Waals surface area contributed by atoms with Crippen LogP contribution in [-0.4, -0.2) is 23.7 Å². The molecule has 1 amide bonds. The number of nitrogens with one attached hydrogen (secondary N) is 1. The monoisotopic (exact) mass is 328 g/mol. The van der Waals surface area contributed by atoms with Crippen LogP contribution in [0.1, 0.15) is 25.5 Å². The first kappa shape index (κ1) is 17.5. The van der Waals surface area contributed by atoms with Crippen LogP contribution in [0.3, 0.4) is 0 Å². The van der Waals surface area contributed by atoms with Crippen molar-refractivity contribution in [3.05, 3.63) is 54.4 Å². The number of carbonyl (C=O) groups is 2. The highest BCUT2D eigenvalue weighted by Crippen LogP contribution is 2.17. The molecule has 0 spiro atoms.